The molecule has 1 atom stereocenters. The van der Waals surface area contributed by atoms with Gasteiger partial charge in [0, 0.05) is 5.02 Å². The van der Waals surface area contributed by atoms with E-state index in [-0.39, 0.29) is 5.57 Å². The Kier molecular flexibility index (Phi) is 4.60. The first-order valence-electron chi connectivity index (χ1n) is 6.23. The number of carbonyl (C=O) groups excluding carboxylic acids is 1. The van der Waals surface area contributed by atoms with Crippen molar-refractivity contribution in [1.29, 1.82) is 0 Å². The van der Waals surface area contributed by atoms with Crippen molar-refractivity contribution in [2.45, 2.75) is 12.5 Å². The number of hydrogen-bond donors (Lipinski definition) is 1. The fraction of sp³-hybridized carbons (Fsp3) is 0.125. The lowest BCUT2D eigenvalue weighted by molar-refractivity contribution is -0.132. The summed E-state index contributed by atoms with van der Waals surface area (Å²) in [5.74, 6) is -1.66. The van der Waals surface area contributed by atoms with Gasteiger partial charge in [-0.25, -0.2) is 9.59 Å². The van der Waals surface area contributed by atoms with E-state index in [2.05, 4.69) is 6.58 Å². The van der Waals surface area contributed by atoms with Crippen LogP contribution in [0.15, 0.2) is 60.2 Å². The van der Waals surface area contributed by atoms with E-state index in [0.29, 0.717) is 22.6 Å². The normalized spacial score (nSPS) is 17.9. The van der Waals surface area contributed by atoms with Crippen LogP contribution in [0.5, 0.6) is 0 Å². The molecule has 0 saturated carbocycles. The number of ether oxygens (including phenoxy) is 1. The van der Waals surface area contributed by atoms with E-state index < -0.39 is 18.0 Å². The molecule has 0 aromatic heterocycles. The molecule has 0 amide bonds. The van der Waals surface area contributed by atoms with Crippen molar-refractivity contribution in [2.24, 2.45) is 0 Å². The van der Waals surface area contributed by atoms with E-state index in [9.17, 15) is 9.59 Å². The third-order valence-electron chi connectivity index (χ3n) is 2.95. The van der Waals surface area contributed by atoms with Gasteiger partial charge in [0.1, 0.15) is 6.10 Å². The summed E-state index contributed by atoms with van der Waals surface area (Å²) < 4.78 is 5.33. The first-order valence-corrected chi connectivity index (χ1v) is 6.61. The third kappa shape index (κ3) is 3.83. The molecule has 4 nitrogen and oxygen atoms in total. The van der Waals surface area contributed by atoms with Crippen LogP contribution < -0.4 is 0 Å². The van der Waals surface area contributed by atoms with Gasteiger partial charge in [-0.1, -0.05) is 36.4 Å². The van der Waals surface area contributed by atoms with Gasteiger partial charge >= 0.3 is 11.9 Å². The molecule has 0 fully saturated rings. The second-order valence-electron chi connectivity index (χ2n) is 4.53. The van der Waals surface area contributed by atoms with Crippen LogP contribution in [0.25, 0.3) is 0 Å². The van der Waals surface area contributed by atoms with Gasteiger partial charge in [-0.2, -0.15) is 0 Å². The van der Waals surface area contributed by atoms with Crippen LogP contribution in [0.3, 0.4) is 0 Å². The number of aliphatic carboxylic acids is 1. The highest BCUT2D eigenvalue weighted by Gasteiger charge is 2.20. The maximum Gasteiger partial charge on any atom is 0.339 e. The van der Waals surface area contributed by atoms with Gasteiger partial charge in [0.15, 0.2) is 0 Å². The van der Waals surface area contributed by atoms with E-state index in [1.54, 1.807) is 24.3 Å². The van der Waals surface area contributed by atoms with Gasteiger partial charge in [0.05, 0.1) is 11.1 Å². The average molecular weight is 305 g/mol. The number of carboxylic acid groups (broad SMARTS) is 1. The second kappa shape index (κ2) is 6.41. The average Bonchev–Trinajstić information content (AvgIpc) is 2.61. The molecular weight excluding hydrogens is 292 g/mol. The summed E-state index contributed by atoms with van der Waals surface area (Å²) in [5.41, 5.74) is 0.980. The Morgan fingerprint density at radius 3 is 2.81 bits per heavy atom. The van der Waals surface area contributed by atoms with Crippen LogP contribution in [-0.4, -0.2) is 23.1 Å². The SMILES string of the molecule is C=C1CC=CC(C(=O)O)=CC1OC(=O)c1cccc(Cl)c1. The summed E-state index contributed by atoms with van der Waals surface area (Å²) in [6, 6.07) is 6.35. The Morgan fingerprint density at radius 2 is 2.14 bits per heavy atom. The summed E-state index contributed by atoms with van der Waals surface area (Å²) in [6.07, 6.45) is 4.19. The fourth-order valence-electron chi connectivity index (χ4n) is 1.85. The molecule has 0 radical (unpaired) electrons. The summed E-state index contributed by atoms with van der Waals surface area (Å²) in [4.78, 5) is 23.1. The van der Waals surface area contributed by atoms with Gasteiger partial charge in [-0.05, 0) is 36.3 Å². The Morgan fingerprint density at radius 1 is 1.38 bits per heavy atom. The van der Waals surface area contributed by atoms with Gasteiger partial charge in [0.25, 0.3) is 0 Å². The van der Waals surface area contributed by atoms with Crippen molar-refractivity contribution < 1.29 is 19.4 Å². The quantitative estimate of drug-likeness (QED) is 0.686. The molecule has 108 valence electrons. The molecule has 2 rings (SSSR count). The number of halogens is 1. The Balaban J connectivity index is 2.20. The van der Waals surface area contributed by atoms with Crippen LogP contribution in [0.4, 0.5) is 0 Å². The minimum absolute atomic E-state index is 0.0672. The molecule has 1 N–H and O–H groups in total. The molecule has 1 aromatic rings. The third-order valence-corrected chi connectivity index (χ3v) is 3.19. The highest BCUT2D eigenvalue weighted by atomic mass is 35.5. The molecule has 1 aromatic carbocycles. The molecule has 1 unspecified atom stereocenters. The molecule has 0 saturated heterocycles. The lowest BCUT2D eigenvalue weighted by Gasteiger charge is -2.15. The first-order chi connectivity index (χ1) is 9.97. The van der Waals surface area contributed by atoms with Crippen molar-refractivity contribution in [2.75, 3.05) is 0 Å². The summed E-state index contributed by atoms with van der Waals surface area (Å²) >= 11 is 5.83. The Labute approximate surface area is 127 Å². The molecule has 0 spiro atoms. The van der Waals surface area contributed by atoms with E-state index in [0.717, 1.165) is 0 Å². The van der Waals surface area contributed by atoms with Crippen molar-refractivity contribution >= 4 is 23.5 Å². The zero-order valence-corrected chi connectivity index (χ0v) is 11.8. The monoisotopic (exact) mass is 304 g/mol. The van der Waals surface area contributed by atoms with Crippen LogP contribution in [0, 0.1) is 0 Å². The topological polar surface area (TPSA) is 63.6 Å². The number of carbonyl (C=O) groups is 2. The van der Waals surface area contributed by atoms with Gasteiger partial charge in [-0.3, -0.25) is 0 Å². The summed E-state index contributed by atoms with van der Waals surface area (Å²) in [7, 11) is 0. The summed E-state index contributed by atoms with van der Waals surface area (Å²) in [6.45, 7) is 3.82. The number of hydrogen-bond acceptors (Lipinski definition) is 3. The zero-order valence-electron chi connectivity index (χ0n) is 11.1. The van der Waals surface area contributed by atoms with Crippen molar-refractivity contribution in [3.63, 3.8) is 0 Å². The minimum Gasteiger partial charge on any atom is -0.478 e. The largest absolute Gasteiger partial charge is 0.478 e. The standard InChI is InChI=1S/C16H13ClO4/c1-10-4-2-5-11(15(18)19)9-14(10)21-16(20)12-6-3-7-13(17)8-12/h2-3,5-9,14H,1,4H2,(H,18,19). The first kappa shape index (κ1) is 15.1. The maximum absolute atomic E-state index is 12.1. The highest BCUT2D eigenvalue weighted by molar-refractivity contribution is 6.30. The zero-order chi connectivity index (χ0) is 15.4. The molecule has 1 aliphatic carbocycles. The van der Waals surface area contributed by atoms with Crippen molar-refractivity contribution in [1.82, 2.24) is 0 Å². The van der Waals surface area contributed by atoms with E-state index in [1.807, 2.05) is 0 Å². The fourth-order valence-corrected chi connectivity index (χ4v) is 2.04. The predicted octanol–water partition coefficient (Wildman–Crippen LogP) is 3.39. The number of esters is 1. The molecule has 1 aliphatic rings. The minimum atomic E-state index is -1.08. The number of benzene rings is 1. The Hall–Kier alpha value is -2.33. The summed E-state index contributed by atoms with van der Waals surface area (Å²) in [5, 5.41) is 9.47. The Bertz CT molecular complexity index is 658. The van der Waals surface area contributed by atoms with E-state index in [1.165, 1.54) is 18.2 Å². The molecule has 21 heavy (non-hydrogen) atoms. The van der Waals surface area contributed by atoms with E-state index in [4.69, 9.17) is 21.4 Å². The van der Waals surface area contributed by atoms with Crippen LogP contribution in [0.2, 0.25) is 5.02 Å². The molecule has 0 aliphatic heterocycles. The molecular formula is C16H13ClO4. The molecule has 0 bridgehead atoms. The second-order valence-corrected chi connectivity index (χ2v) is 4.96. The van der Waals surface area contributed by atoms with Crippen LogP contribution in [-0.2, 0) is 9.53 Å². The molecule has 0 heterocycles. The number of allylic oxidation sites excluding steroid dienone is 1. The lowest BCUT2D eigenvalue weighted by Crippen LogP contribution is -2.18. The lowest BCUT2D eigenvalue weighted by atomic mass is 10.1. The highest BCUT2D eigenvalue weighted by Crippen LogP contribution is 2.21. The number of carboxylic acids is 1. The van der Waals surface area contributed by atoms with E-state index >= 15 is 0 Å². The van der Waals surface area contributed by atoms with Gasteiger partial charge in [0.2, 0.25) is 0 Å². The van der Waals surface area contributed by atoms with Crippen molar-refractivity contribution in [3.8, 4) is 0 Å². The smallest absolute Gasteiger partial charge is 0.339 e. The number of rotatable bonds is 3. The van der Waals surface area contributed by atoms with Gasteiger partial charge < -0.3 is 9.84 Å². The van der Waals surface area contributed by atoms with Crippen LogP contribution >= 0.6 is 11.6 Å². The van der Waals surface area contributed by atoms with Gasteiger partial charge in [-0.15, -0.1) is 0 Å². The van der Waals surface area contributed by atoms with Crippen LogP contribution in [0.1, 0.15) is 16.8 Å². The maximum atomic E-state index is 12.1. The molecule has 5 heteroatoms. The predicted molar refractivity (Wildman–Crippen MR) is 79.3 cm³/mol. The van der Waals surface area contributed by atoms with Crippen molar-refractivity contribution in [3.05, 3.63) is 70.8 Å².